The molecule has 0 radical (unpaired) electrons. The zero-order chi connectivity index (χ0) is 14.7. The highest BCUT2D eigenvalue weighted by Gasteiger charge is 2.22. The Balaban J connectivity index is 2.00. The molecule has 0 N–H and O–H groups in total. The van der Waals surface area contributed by atoms with Gasteiger partial charge in [0.15, 0.2) is 5.65 Å². The van der Waals surface area contributed by atoms with Gasteiger partial charge in [0, 0.05) is 11.1 Å². The summed E-state index contributed by atoms with van der Waals surface area (Å²) in [6.45, 7) is 2.20. The molecule has 4 aromatic rings. The molecule has 1 aliphatic rings. The van der Waals surface area contributed by atoms with Crippen LogP contribution in [0.15, 0.2) is 12.7 Å². The zero-order valence-electron chi connectivity index (χ0n) is 12.3. The summed E-state index contributed by atoms with van der Waals surface area (Å²) in [4.78, 5) is 15.1. The lowest BCUT2D eigenvalue weighted by atomic mass is 9.88. The molecule has 0 amide bonds. The maximum Gasteiger partial charge on any atom is 0.176 e. The third kappa shape index (κ3) is 1.53. The lowest BCUT2D eigenvalue weighted by molar-refractivity contribution is 0.679. The van der Waals surface area contributed by atoms with Crippen LogP contribution in [0.2, 0.25) is 0 Å². The summed E-state index contributed by atoms with van der Waals surface area (Å²) >= 11 is 1.70. The Morgan fingerprint density at radius 2 is 2.05 bits per heavy atom. The molecule has 0 atom stereocenters. The van der Waals surface area contributed by atoms with Crippen LogP contribution in [0.1, 0.15) is 36.6 Å². The summed E-state index contributed by atoms with van der Waals surface area (Å²) in [5.41, 5.74) is 6.16. The smallest absolute Gasteiger partial charge is 0.176 e. The van der Waals surface area contributed by atoms with Gasteiger partial charge in [-0.3, -0.25) is 0 Å². The average molecular weight is 309 g/mol. The van der Waals surface area contributed by atoms with Gasteiger partial charge in [0.25, 0.3) is 0 Å². The van der Waals surface area contributed by atoms with E-state index in [4.69, 9.17) is 4.98 Å². The van der Waals surface area contributed by atoms with E-state index in [-0.39, 0.29) is 0 Å². The molecule has 4 heterocycles. The van der Waals surface area contributed by atoms with E-state index < -0.39 is 0 Å². The molecule has 0 fully saturated rings. The van der Waals surface area contributed by atoms with Crippen molar-refractivity contribution in [3.05, 3.63) is 29.5 Å². The number of nitrogens with zero attached hydrogens (tertiary/aromatic N) is 5. The lowest BCUT2D eigenvalue weighted by Gasteiger charge is -2.19. The molecule has 0 aliphatic heterocycles. The van der Waals surface area contributed by atoms with E-state index >= 15 is 0 Å². The van der Waals surface area contributed by atoms with Crippen LogP contribution in [0.25, 0.3) is 26.1 Å². The van der Waals surface area contributed by atoms with Crippen molar-refractivity contribution in [3.63, 3.8) is 0 Å². The SMILES string of the molecule is CCc1nc2sc3c(ncn4ncnc34)c2c2c1CCCC2. The van der Waals surface area contributed by atoms with Crippen LogP contribution in [0.3, 0.4) is 0 Å². The van der Waals surface area contributed by atoms with Crippen molar-refractivity contribution in [2.24, 2.45) is 0 Å². The Morgan fingerprint density at radius 1 is 1.18 bits per heavy atom. The lowest BCUT2D eigenvalue weighted by Crippen LogP contribution is -2.08. The molecule has 0 unspecified atom stereocenters. The molecule has 5 rings (SSSR count). The van der Waals surface area contributed by atoms with Crippen LogP contribution in [-0.2, 0) is 19.3 Å². The number of hydrogen-bond acceptors (Lipinski definition) is 5. The van der Waals surface area contributed by atoms with Gasteiger partial charge in [0.1, 0.15) is 22.2 Å². The summed E-state index contributed by atoms with van der Waals surface area (Å²) in [6, 6.07) is 0. The first kappa shape index (κ1) is 12.5. The third-order valence-corrected chi connectivity index (χ3v) is 5.70. The fourth-order valence-corrected chi connectivity index (χ4v) is 4.79. The van der Waals surface area contributed by atoms with E-state index in [1.54, 1.807) is 28.5 Å². The minimum absolute atomic E-state index is 0.885. The van der Waals surface area contributed by atoms with Crippen molar-refractivity contribution in [2.45, 2.75) is 39.0 Å². The summed E-state index contributed by atoms with van der Waals surface area (Å²) in [5, 5.41) is 5.45. The Labute approximate surface area is 131 Å². The number of pyridine rings is 1. The summed E-state index contributed by atoms with van der Waals surface area (Å²) in [7, 11) is 0. The molecular formula is C16H15N5S. The van der Waals surface area contributed by atoms with Crippen LogP contribution < -0.4 is 0 Å². The number of rotatable bonds is 1. The first-order valence-corrected chi connectivity index (χ1v) is 8.59. The molecule has 0 aromatic carbocycles. The molecule has 6 heteroatoms. The van der Waals surface area contributed by atoms with E-state index in [0.29, 0.717) is 0 Å². The van der Waals surface area contributed by atoms with E-state index in [0.717, 1.165) is 40.0 Å². The number of fused-ring (bicyclic) bond motifs is 7. The van der Waals surface area contributed by atoms with Crippen molar-refractivity contribution >= 4 is 37.4 Å². The Bertz CT molecular complexity index is 1030. The average Bonchev–Trinajstić information content (AvgIpc) is 3.17. The van der Waals surface area contributed by atoms with E-state index in [2.05, 4.69) is 22.0 Å². The largest absolute Gasteiger partial charge is 0.242 e. The molecule has 110 valence electrons. The molecule has 4 aromatic heterocycles. The van der Waals surface area contributed by atoms with Crippen LogP contribution >= 0.6 is 11.3 Å². The first-order chi connectivity index (χ1) is 10.9. The Kier molecular flexibility index (Phi) is 2.52. The van der Waals surface area contributed by atoms with Gasteiger partial charge in [-0.25, -0.2) is 19.5 Å². The number of aromatic nitrogens is 5. The van der Waals surface area contributed by atoms with Gasteiger partial charge < -0.3 is 0 Å². The molecular weight excluding hydrogens is 294 g/mol. The molecule has 1 aliphatic carbocycles. The fourth-order valence-electron chi connectivity index (χ4n) is 3.63. The number of aryl methyl sites for hydroxylation is 2. The summed E-state index contributed by atoms with van der Waals surface area (Å²) in [5.74, 6) is 0. The normalized spacial score (nSPS) is 15.0. The Morgan fingerprint density at radius 3 is 2.91 bits per heavy atom. The molecule has 22 heavy (non-hydrogen) atoms. The maximum absolute atomic E-state index is 4.96. The topological polar surface area (TPSA) is 56.0 Å². The molecule has 0 spiro atoms. The standard InChI is InChI=1S/C16H15N5S/c1-2-11-9-5-3-4-6-10(9)12-13-14(22-16(12)20-11)15-17-7-19-21(15)8-18-13/h7-8H,2-6H2,1H3. The highest BCUT2D eigenvalue weighted by molar-refractivity contribution is 7.26. The third-order valence-electron chi connectivity index (χ3n) is 4.63. The van der Waals surface area contributed by atoms with Crippen molar-refractivity contribution < 1.29 is 0 Å². The monoisotopic (exact) mass is 309 g/mol. The fraction of sp³-hybridized carbons (Fsp3) is 0.375. The number of hydrogen-bond donors (Lipinski definition) is 0. The van der Waals surface area contributed by atoms with Crippen molar-refractivity contribution in [3.8, 4) is 0 Å². The highest BCUT2D eigenvalue weighted by Crippen LogP contribution is 2.39. The van der Waals surface area contributed by atoms with Gasteiger partial charge in [-0.1, -0.05) is 6.92 Å². The Hall–Kier alpha value is -2.08. The van der Waals surface area contributed by atoms with Crippen LogP contribution in [-0.4, -0.2) is 24.6 Å². The predicted octanol–water partition coefficient (Wildman–Crippen LogP) is 3.33. The molecule has 5 nitrogen and oxygen atoms in total. The van der Waals surface area contributed by atoms with Gasteiger partial charge in [-0.15, -0.1) is 11.3 Å². The molecule has 0 saturated carbocycles. The second-order valence-corrected chi connectivity index (χ2v) is 6.81. The van der Waals surface area contributed by atoms with Crippen LogP contribution in [0.4, 0.5) is 0 Å². The summed E-state index contributed by atoms with van der Waals surface area (Å²) in [6.07, 6.45) is 9.19. The van der Waals surface area contributed by atoms with Crippen molar-refractivity contribution in [1.82, 2.24) is 24.6 Å². The second kappa shape index (κ2) is 4.46. The number of thiophene rings is 1. The second-order valence-electron chi connectivity index (χ2n) is 5.81. The molecule has 0 saturated heterocycles. The van der Waals surface area contributed by atoms with Crippen molar-refractivity contribution in [2.75, 3.05) is 0 Å². The van der Waals surface area contributed by atoms with Crippen LogP contribution in [0, 0.1) is 0 Å². The predicted molar refractivity (Wildman–Crippen MR) is 87.5 cm³/mol. The van der Waals surface area contributed by atoms with Gasteiger partial charge in [-0.05, 0) is 43.2 Å². The highest BCUT2D eigenvalue weighted by atomic mass is 32.1. The van der Waals surface area contributed by atoms with E-state index in [1.165, 1.54) is 35.0 Å². The zero-order valence-corrected chi connectivity index (χ0v) is 13.2. The van der Waals surface area contributed by atoms with E-state index in [9.17, 15) is 0 Å². The van der Waals surface area contributed by atoms with Gasteiger partial charge >= 0.3 is 0 Å². The maximum atomic E-state index is 4.96. The minimum Gasteiger partial charge on any atom is -0.242 e. The van der Waals surface area contributed by atoms with E-state index in [1.807, 2.05) is 0 Å². The quantitative estimate of drug-likeness (QED) is 0.541. The molecule has 0 bridgehead atoms. The van der Waals surface area contributed by atoms with Crippen LogP contribution in [0.5, 0.6) is 0 Å². The minimum atomic E-state index is 0.885. The van der Waals surface area contributed by atoms with Gasteiger partial charge in [0.05, 0.1) is 5.52 Å². The first-order valence-electron chi connectivity index (χ1n) is 7.78. The summed E-state index contributed by atoms with van der Waals surface area (Å²) < 4.78 is 2.84. The van der Waals surface area contributed by atoms with Crippen molar-refractivity contribution in [1.29, 1.82) is 0 Å². The van der Waals surface area contributed by atoms with Gasteiger partial charge in [0.2, 0.25) is 0 Å². The van der Waals surface area contributed by atoms with Gasteiger partial charge in [-0.2, -0.15) is 5.10 Å².